The summed E-state index contributed by atoms with van der Waals surface area (Å²) < 4.78 is 0. The summed E-state index contributed by atoms with van der Waals surface area (Å²) in [5, 5.41) is 13.2. The van der Waals surface area contributed by atoms with Crippen molar-refractivity contribution in [3.05, 3.63) is 46.2 Å². The van der Waals surface area contributed by atoms with Gasteiger partial charge < -0.3 is 10.4 Å². The SMILES string of the molecule is O=C(NCc1ccncn1)c1sccc1C#CCO. The van der Waals surface area contributed by atoms with E-state index in [1.807, 2.05) is 0 Å². The van der Waals surface area contributed by atoms with Gasteiger partial charge in [-0.15, -0.1) is 11.3 Å². The molecule has 2 N–H and O–H groups in total. The lowest BCUT2D eigenvalue weighted by Crippen LogP contribution is -2.23. The Hall–Kier alpha value is -2.23. The Kier molecular flexibility index (Phi) is 4.61. The maximum absolute atomic E-state index is 12.0. The molecule has 0 aromatic carbocycles. The number of aromatic nitrogens is 2. The number of hydrogen-bond donors (Lipinski definition) is 2. The summed E-state index contributed by atoms with van der Waals surface area (Å²) in [6.07, 6.45) is 3.06. The molecule has 0 aliphatic heterocycles. The predicted octanol–water partition coefficient (Wildman–Crippen LogP) is 0.812. The van der Waals surface area contributed by atoms with Crippen molar-refractivity contribution in [2.24, 2.45) is 0 Å². The topological polar surface area (TPSA) is 75.1 Å². The number of nitrogens with one attached hydrogen (secondary N) is 1. The van der Waals surface area contributed by atoms with Crippen molar-refractivity contribution >= 4 is 17.2 Å². The van der Waals surface area contributed by atoms with Gasteiger partial charge in [0.2, 0.25) is 0 Å². The molecule has 0 fully saturated rings. The molecular weight excluding hydrogens is 262 g/mol. The van der Waals surface area contributed by atoms with Gasteiger partial charge in [0.25, 0.3) is 5.91 Å². The van der Waals surface area contributed by atoms with E-state index in [9.17, 15) is 4.79 Å². The van der Waals surface area contributed by atoms with Gasteiger partial charge in [-0.2, -0.15) is 0 Å². The van der Waals surface area contributed by atoms with Gasteiger partial charge in [-0.25, -0.2) is 9.97 Å². The molecule has 2 aromatic rings. The van der Waals surface area contributed by atoms with Gasteiger partial charge in [0.1, 0.15) is 17.8 Å². The molecule has 0 radical (unpaired) electrons. The lowest BCUT2D eigenvalue weighted by Gasteiger charge is -2.03. The van der Waals surface area contributed by atoms with E-state index < -0.39 is 0 Å². The summed E-state index contributed by atoms with van der Waals surface area (Å²) >= 11 is 1.31. The zero-order valence-corrected chi connectivity index (χ0v) is 10.8. The van der Waals surface area contributed by atoms with Crippen LogP contribution < -0.4 is 5.32 Å². The van der Waals surface area contributed by atoms with E-state index in [2.05, 4.69) is 27.1 Å². The number of amides is 1. The van der Waals surface area contributed by atoms with Crippen LogP contribution in [-0.4, -0.2) is 27.6 Å². The molecule has 19 heavy (non-hydrogen) atoms. The molecule has 0 saturated carbocycles. The number of carbonyl (C=O) groups excluding carboxylic acids is 1. The summed E-state index contributed by atoms with van der Waals surface area (Å²) in [5.74, 6) is 5.08. The van der Waals surface area contributed by atoms with E-state index in [-0.39, 0.29) is 12.5 Å². The second-order valence-electron chi connectivity index (χ2n) is 3.51. The molecule has 0 saturated heterocycles. The van der Waals surface area contributed by atoms with Crippen molar-refractivity contribution < 1.29 is 9.90 Å². The summed E-state index contributed by atoms with van der Waals surface area (Å²) in [6.45, 7) is 0.115. The average molecular weight is 273 g/mol. The van der Waals surface area contributed by atoms with Gasteiger partial charge in [0, 0.05) is 11.8 Å². The van der Waals surface area contributed by atoms with E-state index in [1.165, 1.54) is 17.7 Å². The molecule has 1 amide bonds. The maximum Gasteiger partial charge on any atom is 0.262 e. The van der Waals surface area contributed by atoms with E-state index in [4.69, 9.17) is 5.11 Å². The number of aliphatic hydroxyl groups is 1. The molecular formula is C13H11N3O2S. The first kappa shape index (κ1) is 13.2. The quantitative estimate of drug-likeness (QED) is 0.812. The van der Waals surface area contributed by atoms with Crippen LogP contribution in [0.5, 0.6) is 0 Å². The van der Waals surface area contributed by atoms with Crippen LogP contribution in [-0.2, 0) is 6.54 Å². The fourth-order valence-corrected chi connectivity index (χ4v) is 2.16. The van der Waals surface area contributed by atoms with Crippen molar-refractivity contribution in [2.75, 3.05) is 6.61 Å². The lowest BCUT2D eigenvalue weighted by molar-refractivity contribution is 0.0954. The van der Waals surface area contributed by atoms with Crippen LogP contribution >= 0.6 is 11.3 Å². The molecule has 0 spiro atoms. The van der Waals surface area contributed by atoms with Crippen molar-refractivity contribution in [3.8, 4) is 11.8 Å². The standard InChI is InChI=1S/C13H11N3O2S/c17-6-1-2-10-4-7-19-12(10)13(18)15-8-11-3-5-14-9-16-11/h3-5,7,9,17H,6,8H2,(H,15,18). The summed E-state index contributed by atoms with van der Waals surface area (Å²) in [6, 6.07) is 3.49. The Bertz CT molecular complexity index is 614. The summed E-state index contributed by atoms with van der Waals surface area (Å²) in [5.41, 5.74) is 1.36. The number of rotatable bonds is 3. The normalized spacial score (nSPS) is 9.53. The highest BCUT2D eigenvalue weighted by Gasteiger charge is 2.11. The number of nitrogens with zero attached hydrogens (tertiary/aromatic N) is 2. The molecule has 0 aliphatic carbocycles. The zero-order chi connectivity index (χ0) is 13.5. The third kappa shape index (κ3) is 3.61. The second-order valence-corrected chi connectivity index (χ2v) is 4.42. The Labute approximate surface area is 114 Å². The van der Waals surface area contributed by atoms with Gasteiger partial charge in [0.15, 0.2) is 0 Å². The number of hydrogen-bond acceptors (Lipinski definition) is 5. The van der Waals surface area contributed by atoms with Crippen LogP contribution in [0.2, 0.25) is 0 Å². The number of thiophene rings is 1. The largest absolute Gasteiger partial charge is 0.384 e. The fourth-order valence-electron chi connectivity index (χ4n) is 1.39. The van der Waals surface area contributed by atoms with E-state index in [0.717, 1.165) is 5.69 Å². The van der Waals surface area contributed by atoms with Crippen LogP contribution in [0.4, 0.5) is 0 Å². The highest BCUT2D eigenvalue weighted by Crippen LogP contribution is 2.15. The fraction of sp³-hybridized carbons (Fsp3) is 0.154. The molecule has 2 rings (SSSR count). The number of aliphatic hydroxyl groups excluding tert-OH is 1. The molecule has 6 heteroatoms. The first-order valence-electron chi connectivity index (χ1n) is 5.51. The molecule has 96 valence electrons. The van der Waals surface area contributed by atoms with E-state index in [1.54, 1.807) is 23.7 Å². The Morgan fingerprint density at radius 2 is 2.37 bits per heavy atom. The smallest absolute Gasteiger partial charge is 0.262 e. The maximum atomic E-state index is 12.0. The summed E-state index contributed by atoms with van der Waals surface area (Å²) in [4.78, 5) is 20.4. The van der Waals surface area contributed by atoms with Crippen LogP contribution in [0.15, 0.2) is 30.0 Å². The molecule has 2 heterocycles. The molecule has 2 aromatic heterocycles. The third-order valence-corrected chi connectivity index (χ3v) is 3.16. The molecule has 0 aliphatic rings. The molecule has 5 nitrogen and oxygen atoms in total. The van der Waals surface area contributed by atoms with Crippen molar-refractivity contribution in [1.29, 1.82) is 0 Å². The lowest BCUT2D eigenvalue weighted by atomic mass is 10.2. The van der Waals surface area contributed by atoms with Crippen molar-refractivity contribution in [3.63, 3.8) is 0 Å². The monoisotopic (exact) mass is 273 g/mol. The van der Waals surface area contributed by atoms with Gasteiger partial charge in [-0.1, -0.05) is 11.8 Å². The second kappa shape index (κ2) is 6.64. The molecule has 0 atom stereocenters. The van der Waals surface area contributed by atoms with E-state index in [0.29, 0.717) is 17.0 Å². The minimum atomic E-state index is -0.224. The van der Waals surface area contributed by atoms with Crippen LogP contribution in [0, 0.1) is 11.8 Å². The molecule has 0 unspecified atom stereocenters. The van der Waals surface area contributed by atoms with Gasteiger partial charge in [0.05, 0.1) is 12.2 Å². The van der Waals surface area contributed by atoms with Crippen LogP contribution in [0.25, 0.3) is 0 Å². The third-order valence-electron chi connectivity index (χ3n) is 2.25. The predicted molar refractivity (Wildman–Crippen MR) is 71.5 cm³/mol. The highest BCUT2D eigenvalue weighted by atomic mass is 32.1. The first-order valence-corrected chi connectivity index (χ1v) is 6.39. The Balaban J connectivity index is 2.02. The Morgan fingerprint density at radius 1 is 1.47 bits per heavy atom. The van der Waals surface area contributed by atoms with Crippen molar-refractivity contribution in [1.82, 2.24) is 15.3 Å². The first-order chi connectivity index (χ1) is 9.31. The van der Waals surface area contributed by atoms with Crippen LogP contribution in [0.1, 0.15) is 20.9 Å². The minimum absolute atomic E-state index is 0.198. The molecule has 0 bridgehead atoms. The van der Waals surface area contributed by atoms with Crippen molar-refractivity contribution in [2.45, 2.75) is 6.54 Å². The number of carbonyl (C=O) groups is 1. The van der Waals surface area contributed by atoms with Gasteiger partial charge in [-0.3, -0.25) is 4.79 Å². The Morgan fingerprint density at radius 3 is 3.11 bits per heavy atom. The van der Waals surface area contributed by atoms with Crippen LogP contribution in [0.3, 0.4) is 0 Å². The van der Waals surface area contributed by atoms with Gasteiger partial charge in [-0.05, 0) is 17.5 Å². The van der Waals surface area contributed by atoms with E-state index >= 15 is 0 Å². The average Bonchev–Trinajstić information content (AvgIpc) is 2.92. The zero-order valence-electron chi connectivity index (χ0n) is 9.96. The van der Waals surface area contributed by atoms with Gasteiger partial charge >= 0.3 is 0 Å². The summed E-state index contributed by atoms with van der Waals surface area (Å²) in [7, 11) is 0. The minimum Gasteiger partial charge on any atom is -0.384 e. The highest BCUT2D eigenvalue weighted by molar-refractivity contribution is 7.12.